The van der Waals surface area contributed by atoms with Crippen LogP contribution in [0.3, 0.4) is 0 Å². The first-order chi connectivity index (χ1) is 16.8. The molecule has 1 saturated carbocycles. The van der Waals surface area contributed by atoms with E-state index in [0.717, 1.165) is 44.6 Å². The molecule has 0 bridgehead atoms. The molecule has 1 spiro atoms. The highest BCUT2D eigenvalue weighted by molar-refractivity contribution is 5.90. The van der Waals surface area contributed by atoms with E-state index in [2.05, 4.69) is 15.0 Å². The molecule has 11 heteroatoms. The van der Waals surface area contributed by atoms with Gasteiger partial charge in [0.05, 0.1) is 18.1 Å². The Hall–Kier alpha value is -4.02. The zero-order valence-electron chi connectivity index (χ0n) is 18.9. The van der Waals surface area contributed by atoms with E-state index in [4.69, 9.17) is 25.7 Å². The third-order valence-corrected chi connectivity index (χ3v) is 6.89. The maximum Gasteiger partial charge on any atom is 0.404 e. The van der Waals surface area contributed by atoms with E-state index in [0.29, 0.717) is 22.6 Å². The number of aromatic nitrogens is 3. The Morgan fingerprint density at radius 1 is 1.17 bits per heavy atom. The quantitative estimate of drug-likeness (QED) is 0.547. The zero-order chi connectivity index (χ0) is 24.6. The normalized spacial score (nSPS) is 17.2. The number of carbonyl (C=O) groups is 2. The number of primary amides is 2. The number of benzene rings is 1. The van der Waals surface area contributed by atoms with Crippen LogP contribution in [-0.2, 0) is 11.2 Å². The van der Waals surface area contributed by atoms with Gasteiger partial charge in [0.2, 0.25) is 0 Å². The number of carbonyl (C=O) groups excluding carboxylic acids is 2. The molecule has 182 valence electrons. The molecule has 10 nitrogen and oxygen atoms in total. The highest BCUT2D eigenvalue weighted by atomic mass is 19.1. The van der Waals surface area contributed by atoms with Crippen LogP contribution in [0.25, 0.3) is 11.3 Å². The number of hydrogen-bond acceptors (Lipinski definition) is 8. The zero-order valence-corrected chi connectivity index (χ0v) is 18.9. The van der Waals surface area contributed by atoms with Crippen LogP contribution < -0.4 is 16.4 Å². The second kappa shape index (κ2) is 8.97. The molecule has 1 aromatic carbocycles. The number of nitrogens with two attached hydrogens (primary N) is 2. The molecule has 2 aromatic heterocycles. The summed E-state index contributed by atoms with van der Waals surface area (Å²) in [5.41, 5.74) is 12.5. The third kappa shape index (κ3) is 4.79. The predicted molar refractivity (Wildman–Crippen MR) is 123 cm³/mol. The fourth-order valence-electron chi connectivity index (χ4n) is 5.07. The highest BCUT2D eigenvalue weighted by Crippen LogP contribution is 2.50. The number of anilines is 1. The van der Waals surface area contributed by atoms with Gasteiger partial charge in [-0.1, -0.05) is 5.16 Å². The van der Waals surface area contributed by atoms with Gasteiger partial charge in [-0.3, -0.25) is 9.78 Å². The van der Waals surface area contributed by atoms with Crippen molar-refractivity contribution in [3.05, 3.63) is 59.5 Å². The van der Waals surface area contributed by atoms with Crippen LogP contribution in [0.15, 0.2) is 41.2 Å². The van der Waals surface area contributed by atoms with E-state index in [1.165, 1.54) is 18.2 Å². The van der Waals surface area contributed by atoms with Gasteiger partial charge in [0, 0.05) is 31.1 Å². The van der Waals surface area contributed by atoms with Crippen LogP contribution in [0.4, 0.5) is 15.0 Å². The van der Waals surface area contributed by atoms with Crippen molar-refractivity contribution in [2.45, 2.75) is 38.2 Å². The molecular formula is C24H25FN6O4. The second-order valence-corrected chi connectivity index (χ2v) is 9.24. The van der Waals surface area contributed by atoms with Crippen molar-refractivity contribution in [3.63, 3.8) is 0 Å². The molecular weight excluding hydrogens is 455 g/mol. The molecule has 1 aliphatic heterocycles. The van der Waals surface area contributed by atoms with Crippen molar-refractivity contribution in [3.8, 4) is 11.3 Å². The summed E-state index contributed by atoms with van der Waals surface area (Å²) in [5, 5.41) is 3.65. The minimum Gasteiger partial charge on any atom is -0.446 e. The lowest BCUT2D eigenvalue weighted by Gasteiger charge is -2.51. The highest BCUT2D eigenvalue weighted by Gasteiger charge is 2.47. The molecule has 0 unspecified atom stereocenters. The number of hydrogen-bond donors (Lipinski definition) is 2. The first-order valence-electron chi connectivity index (χ1n) is 11.4. The van der Waals surface area contributed by atoms with Gasteiger partial charge in [-0.15, -0.1) is 0 Å². The molecule has 5 rings (SSSR count). The van der Waals surface area contributed by atoms with Gasteiger partial charge in [-0.05, 0) is 54.9 Å². The number of ether oxygens (including phenoxy) is 1. The SMILES string of the molecule is NC(=O)OC1CC2(CCN(c3cncc(-c4ccc(F)cc4Cc4cc(C(N)=O)no4)n3)CC2)C1. The number of rotatable bonds is 6. The fourth-order valence-corrected chi connectivity index (χ4v) is 5.07. The van der Waals surface area contributed by atoms with E-state index < -0.39 is 17.8 Å². The minimum absolute atomic E-state index is 0.0154. The summed E-state index contributed by atoms with van der Waals surface area (Å²) in [6.07, 6.45) is 6.38. The van der Waals surface area contributed by atoms with Gasteiger partial charge in [0.15, 0.2) is 5.69 Å². The number of amides is 2. The van der Waals surface area contributed by atoms with E-state index in [-0.39, 0.29) is 23.6 Å². The summed E-state index contributed by atoms with van der Waals surface area (Å²) in [6, 6.07) is 5.88. The molecule has 1 aliphatic carbocycles. The van der Waals surface area contributed by atoms with E-state index in [1.807, 2.05) is 0 Å². The van der Waals surface area contributed by atoms with Crippen LogP contribution in [-0.4, -0.2) is 46.3 Å². The summed E-state index contributed by atoms with van der Waals surface area (Å²) in [7, 11) is 0. The lowest BCUT2D eigenvalue weighted by molar-refractivity contribution is -0.0522. The number of piperidine rings is 1. The molecule has 0 radical (unpaired) electrons. The summed E-state index contributed by atoms with van der Waals surface area (Å²) in [5.74, 6) is 0.0323. The summed E-state index contributed by atoms with van der Waals surface area (Å²) < 4.78 is 24.4. The Labute approximate surface area is 200 Å². The Morgan fingerprint density at radius 3 is 2.63 bits per heavy atom. The molecule has 35 heavy (non-hydrogen) atoms. The van der Waals surface area contributed by atoms with Crippen molar-refractivity contribution in [1.82, 2.24) is 15.1 Å². The van der Waals surface area contributed by atoms with E-state index in [1.54, 1.807) is 18.5 Å². The Balaban J connectivity index is 1.31. The first-order valence-corrected chi connectivity index (χ1v) is 11.4. The fraction of sp³-hybridized carbons (Fsp3) is 0.375. The topological polar surface area (TPSA) is 150 Å². The largest absolute Gasteiger partial charge is 0.446 e. The Morgan fingerprint density at radius 2 is 1.94 bits per heavy atom. The minimum atomic E-state index is -0.717. The molecule has 4 N–H and O–H groups in total. The predicted octanol–water partition coefficient (Wildman–Crippen LogP) is 2.80. The summed E-state index contributed by atoms with van der Waals surface area (Å²) >= 11 is 0. The smallest absolute Gasteiger partial charge is 0.404 e. The standard InChI is InChI=1S/C24H25FN6O4/c25-15-1-2-18(14(7-15)8-16-9-19(22(26)32)30-35-16)20-12-28-13-21(29-20)31-5-3-24(4-6-31)10-17(11-24)34-23(27)33/h1-2,7,9,12-13,17H,3-6,8,10-11H2,(H2,26,32)(H2,27,33). The second-order valence-electron chi connectivity index (χ2n) is 9.24. The monoisotopic (exact) mass is 480 g/mol. The molecule has 0 atom stereocenters. The van der Waals surface area contributed by atoms with E-state index in [9.17, 15) is 14.0 Å². The number of halogens is 1. The number of nitrogens with zero attached hydrogens (tertiary/aromatic N) is 4. The van der Waals surface area contributed by atoms with Crippen LogP contribution in [0.5, 0.6) is 0 Å². The van der Waals surface area contributed by atoms with Crippen molar-refractivity contribution < 1.29 is 23.2 Å². The molecule has 3 aromatic rings. The maximum atomic E-state index is 14.1. The van der Waals surface area contributed by atoms with Crippen LogP contribution in [0.2, 0.25) is 0 Å². The molecule has 2 amide bonds. The lowest BCUT2D eigenvalue weighted by atomic mass is 9.61. The lowest BCUT2D eigenvalue weighted by Crippen LogP contribution is -2.51. The summed E-state index contributed by atoms with van der Waals surface area (Å²) in [4.78, 5) is 33.7. The van der Waals surface area contributed by atoms with Gasteiger partial charge in [0.1, 0.15) is 23.5 Å². The average Bonchev–Trinajstić information content (AvgIpc) is 3.27. The molecule has 1 saturated heterocycles. The van der Waals surface area contributed by atoms with Crippen molar-refractivity contribution >= 4 is 17.8 Å². The van der Waals surface area contributed by atoms with Gasteiger partial charge < -0.3 is 25.6 Å². The first kappa shape index (κ1) is 22.8. The Kier molecular flexibility index (Phi) is 5.83. The van der Waals surface area contributed by atoms with Gasteiger partial charge in [0.25, 0.3) is 5.91 Å². The molecule has 3 heterocycles. The van der Waals surface area contributed by atoms with Gasteiger partial charge in [-0.25, -0.2) is 14.2 Å². The van der Waals surface area contributed by atoms with Crippen LogP contribution in [0, 0.1) is 11.2 Å². The van der Waals surface area contributed by atoms with Gasteiger partial charge >= 0.3 is 6.09 Å². The van der Waals surface area contributed by atoms with E-state index >= 15 is 0 Å². The maximum absolute atomic E-state index is 14.1. The summed E-state index contributed by atoms with van der Waals surface area (Å²) in [6.45, 7) is 1.62. The van der Waals surface area contributed by atoms with Crippen molar-refractivity contribution in [2.75, 3.05) is 18.0 Å². The Bertz CT molecular complexity index is 1260. The van der Waals surface area contributed by atoms with Crippen molar-refractivity contribution in [1.29, 1.82) is 0 Å². The van der Waals surface area contributed by atoms with Crippen LogP contribution >= 0.6 is 0 Å². The third-order valence-electron chi connectivity index (χ3n) is 6.89. The molecule has 2 fully saturated rings. The average molecular weight is 481 g/mol. The van der Waals surface area contributed by atoms with Gasteiger partial charge in [-0.2, -0.15) is 0 Å². The van der Waals surface area contributed by atoms with Crippen LogP contribution in [0.1, 0.15) is 47.5 Å². The van der Waals surface area contributed by atoms with Crippen molar-refractivity contribution in [2.24, 2.45) is 16.9 Å². The molecule has 2 aliphatic rings.